The summed E-state index contributed by atoms with van der Waals surface area (Å²) in [5.74, 6) is -1.48. The molecule has 0 amide bonds. The molecule has 0 radical (unpaired) electrons. The average Bonchev–Trinajstić information content (AvgIpc) is 2.70. The number of aromatic nitrogens is 1. The molecule has 0 bridgehead atoms. The number of hydrogen-bond acceptors (Lipinski definition) is 4. The largest absolute Gasteiger partial charge is 0.492 e. The number of nitrogens with zero attached hydrogens (tertiary/aromatic N) is 1. The fraction of sp³-hybridized carbons (Fsp3) is 0. The summed E-state index contributed by atoms with van der Waals surface area (Å²) in [6.45, 7) is 0. The van der Waals surface area contributed by atoms with E-state index < -0.39 is 5.97 Å². The zero-order chi connectivity index (χ0) is 13.8. The third-order valence-corrected chi connectivity index (χ3v) is 2.51. The first-order chi connectivity index (χ1) is 9.06. The van der Waals surface area contributed by atoms with Gasteiger partial charge in [0.25, 0.3) is 0 Å². The van der Waals surface area contributed by atoms with Crippen LogP contribution in [0, 0.1) is 0 Å². The van der Waals surface area contributed by atoms with Crippen molar-refractivity contribution in [1.82, 2.24) is 4.73 Å². The normalized spacial score (nSPS) is 10.8. The van der Waals surface area contributed by atoms with Crippen LogP contribution in [0.2, 0.25) is 5.02 Å². The van der Waals surface area contributed by atoms with E-state index in [4.69, 9.17) is 16.4 Å². The van der Waals surface area contributed by atoms with E-state index in [-0.39, 0.29) is 11.8 Å². The summed E-state index contributed by atoms with van der Waals surface area (Å²) in [5, 5.41) is 19.2. The quantitative estimate of drug-likeness (QED) is 0.845. The van der Waals surface area contributed by atoms with Crippen LogP contribution in [0.25, 0.3) is 6.08 Å². The van der Waals surface area contributed by atoms with Crippen LogP contribution in [0.15, 0.2) is 42.5 Å². The van der Waals surface area contributed by atoms with Crippen molar-refractivity contribution in [2.24, 2.45) is 0 Å². The Bertz CT molecular complexity index is 597. The molecule has 2 aromatic rings. The van der Waals surface area contributed by atoms with Crippen LogP contribution in [0.3, 0.4) is 0 Å². The zero-order valence-electron chi connectivity index (χ0n) is 9.65. The molecule has 0 aliphatic rings. The molecule has 2 N–H and O–H groups in total. The van der Waals surface area contributed by atoms with Gasteiger partial charge in [0.1, 0.15) is 0 Å². The molecular formula is C13H10ClNO4. The maximum Gasteiger partial charge on any atom is 0.356 e. The van der Waals surface area contributed by atoms with Crippen LogP contribution in [0.5, 0.6) is 11.8 Å². The smallest absolute Gasteiger partial charge is 0.356 e. The first-order valence-electron chi connectivity index (χ1n) is 5.32. The van der Waals surface area contributed by atoms with Crippen molar-refractivity contribution >= 4 is 23.6 Å². The molecule has 2 rings (SSSR count). The van der Waals surface area contributed by atoms with Crippen molar-refractivity contribution in [3.8, 4) is 11.8 Å². The maximum absolute atomic E-state index is 11.5. The molecule has 0 unspecified atom stereocenters. The maximum atomic E-state index is 11.5. The lowest BCUT2D eigenvalue weighted by Crippen LogP contribution is -2.16. The second-order valence-electron chi connectivity index (χ2n) is 3.64. The van der Waals surface area contributed by atoms with Crippen molar-refractivity contribution < 1.29 is 19.8 Å². The number of halogens is 1. The summed E-state index contributed by atoms with van der Waals surface area (Å²) in [6, 6.07) is 9.25. The van der Waals surface area contributed by atoms with Crippen molar-refractivity contribution in [1.29, 1.82) is 0 Å². The Kier molecular flexibility index (Phi) is 3.77. The van der Waals surface area contributed by atoms with Gasteiger partial charge in [-0.15, -0.1) is 4.73 Å². The topological polar surface area (TPSA) is 71.7 Å². The minimum Gasteiger partial charge on any atom is -0.492 e. The standard InChI is InChI=1S/C13H10ClNO4/c14-10-4-1-9(2-5-10)3-8-13(18)19-15-11(16)6-7-12(15)17/h1-8,16-17H. The number of hydrogen-bond donors (Lipinski definition) is 2. The Hall–Kier alpha value is -2.40. The molecule has 1 aromatic carbocycles. The number of rotatable bonds is 3. The lowest BCUT2D eigenvalue weighted by atomic mass is 10.2. The van der Waals surface area contributed by atoms with E-state index in [0.29, 0.717) is 9.75 Å². The Balaban J connectivity index is 2.04. The van der Waals surface area contributed by atoms with Crippen LogP contribution in [-0.4, -0.2) is 20.9 Å². The highest BCUT2D eigenvalue weighted by Crippen LogP contribution is 2.18. The van der Waals surface area contributed by atoms with Crippen molar-refractivity contribution in [3.05, 3.63) is 53.1 Å². The van der Waals surface area contributed by atoms with Crippen LogP contribution in [0.1, 0.15) is 5.56 Å². The molecule has 0 fully saturated rings. The summed E-state index contributed by atoms with van der Waals surface area (Å²) in [6.07, 6.45) is 2.69. The molecule has 19 heavy (non-hydrogen) atoms. The van der Waals surface area contributed by atoms with Gasteiger partial charge in [0.15, 0.2) is 0 Å². The Morgan fingerprint density at radius 2 is 1.68 bits per heavy atom. The predicted octanol–water partition coefficient (Wildman–Crippen LogP) is 2.22. The van der Waals surface area contributed by atoms with Crippen molar-refractivity contribution in [2.45, 2.75) is 0 Å². The fourth-order valence-electron chi connectivity index (χ4n) is 1.35. The molecule has 1 aromatic heterocycles. The second kappa shape index (κ2) is 5.49. The second-order valence-corrected chi connectivity index (χ2v) is 4.08. The van der Waals surface area contributed by atoms with Gasteiger partial charge in [-0.05, 0) is 23.8 Å². The van der Waals surface area contributed by atoms with E-state index in [9.17, 15) is 15.0 Å². The molecule has 0 atom stereocenters. The molecule has 6 heteroatoms. The number of carbonyl (C=O) groups excluding carboxylic acids is 1. The fourth-order valence-corrected chi connectivity index (χ4v) is 1.48. The van der Waals surface area contributed by atoms with E-state index in [0.717, 1.165) is 5.56 Å². The van der Waals surface area contributed by atoms with Crippen molar-refractivity contribution in [2.75, 3.05) is 0 Å². The Labute approximate surface area is 113 Å². The molecule has 1 heterocycles. The molecule has 0 aliphatic carbocycles. The summed E-state index contributed by atoms with van der Waals surface area (Å²) < 4.78 is 0.620. The molecule has 0 saturated heterocycles. The van der Waals surface area contributed by atoms with Gasteiger partial charge < -0.3 is 15.1 Å². The molecule has 5 nitrogen and oxygen atoms in total. The molecule has 98 valence electrons. The Morgan fingerprint density at radius 1 is 1.11 bits per heavy atom. The minimum absolute atomic E-state index is 0.370. The molecule has 0 spiro atoms. The first-order valence-corrected chi connectivity index (χ1v) is 5.69. The van der Waals surface area contributed by atoms with E-state index in [2.05, 4.69) is 0 Å². The molecule has 0 aliphatic heterocycles. The summed E-state index contributed by atoms with van der Waals surface area (Å²) in [4.78, 5) is 16.2. The third-order valence-electron chi connectivity index (χ3n) is 2.26. The predicted molar refractivity (Wildman–Crippen MR) is 69.8 cm³/mol. The number of carbonyl (C=O) groups is 1. The summed E-state index contributed by atoms with van der Waals surface area (Å²) in [7, 11) is 0. The van der Waals surface area contributed by atoms with Gasteiger partial charge in [-0.1, -0.05) is 23.7 Å². The molecular weight excluding hydrogens is 270 g/mol. The van der Waals surface area contributed by atoms with Gasteiger partial charge in [-0.3, -0.25) is 0 Å². The van der Waals surface area contributed by atoms with Crippen molar-refractivity contribution in [3.63, 3.8) is 0 Å². The van der Waals surface area contributed by atoms with Gasteiger partial charge in [-0.2, -0.15) is 0 Å². The average molecular weight is 280 g/mol. The Morgan fingerprint density at radius 3 is 2.26 bits per heavy atom. The van der Waals surface area contributed by atoms with E-state index in [1.54, 1.807) is 24.3 Å². The van der Waals surface area contributed by atoms with Gasteiger partial charge in [0, 0.05) is 23.2 Å². The number of aromatic hydroxyl groups is 2. The van der Waals surface area contributed by atoms with Crippen LogP contribution < -0.4 is 4.84 Å². The van der Waals surface area contributed by atoms with Gasteiger partial charge in [0.2, 0.25) is 11.8 Å². The van der Waals surface area contributed by atoms with Gasteiger partial charge in [0.05, 0.1) is 0 Å². The highest BCUT2D eigenvalue weighted by atomic mass is 35.5. The van der Waals surface area contributed by atoms with Crippen LogP contribution >= 0.6 is 11.6 Å². The van der Waals surface area contributed by atoms with E-state index in [1.807, 2.05) is 0 Å². The van der Waals surface area contributed by atoms with E-state index >= 15 is 0 Å². The highest BCUT2D eigenvalue weighted by Gasteiger charge is 2.09. The summed E-state index contributed by atoms with van der Waals surface area (Å²) >= 11 is 5.73. The molecule has 0 saturated carbocycles. The zero-order valence-corrected chi connectivity index (χ0v) is 10.4. The van der Waals surface area contributed by atoms with Crippen LogP contribution in [-0.2, 0) is 4.79 Å². The monoisotopic (exact) mass is 279 g/mol. The number of benzene rings is 1. The SMILES string of the molecule is O=C(C=Cc1ccc(Cl)cc1)On1c(O)ccc1O. The lowest BCUT2D eigenvalue weighted by molar-refractivity contribution is -0.139. The van der Waals surface area contributed by atoms with Gasteiger partial charge >= 0.3 is 5.97 Å². The minimum atomic E-state index is -0.739. The highest BCUT2D eigenvalue weighted by molar-refractivity contribution is 6.30. The van der Waals surface area contributed by atoms with Crippen LogP contribution in [0.4, 0.5) is 0 Å². The lowest BCUT2D eigenvalue weighted by Gasteiger charge is -2.03. The third kappa shape index (κ3) is 3.29. The van der Waals surface area contributed by atoms with Gasteiger partial charge in [-0.25, -0.2) is 4.79 Å². The first kappa shape index (κ1) is 13.0. The van der Waals surface area contributed by atoms with E-state index in [1.165, 1.54) is 24.3 Å². The summed E-state index contributed by atoms with van der Waals surface area (Å²) in [5.41, 5.74) is 0.766.